The van der Waals surface area contributed by atoms with Gasteiger partial charge in [-0.1, -0.05) is 65.7 Å². The molecule has 0 saturated heterocycles. The molecule has 1 aromatic heterocycles. The summed E-state index contributed by atoms with van der Waals surface area (Å²) in [6.07, 6.45) is 0.577. The van der Waals surface area contributed by atoms with E-state index in [-0.39, 0.29) is 5.97 Å². The average Bonchev–Trinajstić information content (AvgIpc) is 3.67. The maximum absolute atomic E-state index is 12.5. The van der Waals surface area contributed by atoms with Crippen LogP contribution in [0.15, 0.2) is 66.7 Å². The smallest absolute Gasteiger partial charge is 0.413 e. The molecule has 0 bridgehead atoms. The first-order chi connectivity index (χ1) is 17.9. The maximum Gasteiger partial charge on any atom is 0.413 e. The molecule has 1 aliphatic rings. The second-order valence-corrected chi connectivity index (χ2v) is 9.09. The van der Waals surface area contributed by atoms with Crippen LogP contribution in [0.3, 0.4) is 0 Å². The van der Waals surface area contributed by atoms with Crippen molar-refractivity contribution in [3.05, 3.63) is 89.1 Å². The van der Waals surface area contributed by atoms with E-state index in [4.69, 9.17) is 9.47 Å². The van der Waals surface area contributed by atoms with Crippen molar-refractivity contribution >= 4 is 28.7 Å². The molecule has 4 aromatic rings. The number of fused-ring (bicyclic) bond motifs is 1. The molecule has 1 unspecified atom stereocenters. The van der Waals surface area contributed by atoms with Gasteiger partial charge in [0.2, 0.25) is 0 Å². The van der Waals surface area contributed by atoms with Gasteiger partial charge in [0, 0.05) is 12.6 Å². The third-order valence-electron chi connectivity index (χ3n) is 6.64. The molecule has 1 saturated carbocycles. The standard InChI is InChI=1S/C29H26N4O4/c1-19(21-7-5-4-6-8-21)37-28(35)30-26-25(31-32-33(26)2)14-10-20-9-11-23-18-24(13-12-22(23)17-20)29(15-16-29)27(34)36-3/h4-9,11-13,17-19H,15-16H2,1-3H3,(H,30,35). The third-order valence-corrected chi connectivity index (χ3v) is 6.64. The molecular weight excluding hydrogens is 468 g/mol. The van der Waals surface area contributed by atoms with Gasteiger partial charge in [0.15, 0.2) is 11.5 Å². The molecule has 1 N–H and O–H groups in total. The van der Waals surface area contributed by atoms with Crippen LogP contribution >= 0.6 is 0 Å². The fraction of sp³-hybridized carbons (Fsp3) is 0.241. The minimum Gasteiger partial charge on any atom is -0.468 e. The van der Waals surface area contributed by atoms with Crippen molar-refractivity contribution in [2.45, 2.75) is 31.3 Å². The summed E-state index contributed by atoms with van der Waals surface area (Å²) in [4.78, 5) is 24.7. The Morgan fingerprint density at radius 2 is 1.76 bits per heavy atom. The van der Waals surface area contributed by atoms with E-state index in [0.29, 0.717) is 11.5 Å². The summed E-state index contributed by atoms with van der Waals surface area (Å²) in [5.41, 5.74) is 2.48. The molecular formula is C29H26N4O4. The van der Waals surface area contributed by atoms with Crippen LogP contribution in [0.4, 0.5) is 10.6 Å². The van der Waals surface area contributed by atoms with Crippen LogP contribution in [-0.4, -0.2) is 34.2 Å². The maximum atomic E-state index is 12.5. The number of amides is 1. The lowest BCUT2D eigenvalue weighted by Gasteiger charge is -2.14. The van der Waals surface area contributed by atoms with Gasteiger partial charge in [0.1, 0.15) is 6.10 Å². The zero-order chi connectivity index (χ0) is 26.0. The van der Waals surface area contributed by atoms with Crippen LogP contribution in [0.25, 0.3) is 10.8 Å². The van der Waals surface area contributed by atoms with Crippen molar-refractivity contribution in [1.29, 1.82) is 0 Å². The van der Waals surface area contributed by atoms with Crippen LogP contribution in [0.1, 0.15) is 48.3 Å². The predicted octanol–water partition coefficient (Wildman–Crippen LogP) is 4.88. The quantitative estimate of drug-likeness (QED) is 0.314. The largest absolute Gasteiger partial charge is 0.468 e. The molecule has 0 aliphatic heterocycles. The van der Waals surface area contributed by atoms with Gasteiger partial charge in [-0.25, -0.2) is 9.48 Å². The lowest BCUT2D eigenvalue weighted by molar-refractivity contribution is -0.143. The number of aryl methyl sites for hydroxylation is 1. The monoisotopic (exact) mass is 494 g/mol. The molecule has 1 amide bonds. The number of carbonyl (C=O) groups is 2. The number of aromatic nitrogens is 3. The van der Waals surface area contributed by atoms with Crippen molar-refractivity contribution < 1.29 is 19.1 Å². The predicted molar refractivity (Wildman–Crippen MR) is 139 cm³/mol. The van der Waals surface area contributed by atoms with Crippen LogP contribution in [0.2, 0.25) is 0 Å². The van der Waals surface area contributed by atoms with Gasteiger partial charge in [0.25, 0.3) is 0 Å². The van der Waals surface area contributed by atoms with E-state index in [2.05, 4.69) is 27.5 Å². The van der Waals surface area contributed by atoms with Crippen LogP contribution in [0.5, 0.6) is 0 Å². The van der Waals surface area contributed by atoms with Gasteiger partial charge in [-0.3, -0.25) is 10.1 Å². The number of methoxy groups -OCH3 is 1. The van der Waals surface area contributed by atoms with Gasteiger partial charge in [-0.2, -0.15) is 0 Å². The first kappa shape index (κ1) is 24.1. The van der Waals surface area contributed by atoms with E-state index in [9.17, 15) is 9.59 Å². The van der Waals surface area contributed by atoms with Crippen molar-refractivity contribution in [3.63, 3.8) is 0 Å². The number of rotatable bonds is 5. The lowest BCUT2D eigenvalue weighted by Crippen LogP contribution is -2.21. The Labute approximate surface area is 214 Å². The Bertz CT molecular complexity index is 1540. The topological polar surface area (TPSA) is 95.3 Å². The second kappa shape index (κ2) is 9.78. The van der Waals surface area contributed by atoms with Crippen molar-refractivity contribution in [3.8, 4) is 11.8 Å². The average molecular weight is 495 g/mol. The molecule has 0 spiro atoms. The summed E-state index contributed by atoms with van der Waals surface area (Å²) in [6, 6.07) is 21.4. The molecule has 0 radical (unpaired) electrons. The van der Waals surface area contributed by atoms with E-state index in [0.717, 1.165) is 40.3 Å². The first-order valence-electron chi connectivity index (χ1n) is 12.0. The first-order valence-corrected chi connectivity index (χ1v) is 12.0. The number of carbonyl (C=O) groups excluding carboxylic acids is 2. The van der Waals surface area contributed by atoms with Gasteiger partial charge in [-0.05, 0) is 59.7 Å². The normalized spacial score (nSPS) is 14.2. The van der Waals surface area contributed by atoms with Crippen molar-refractivity contribution in [2.75, 3.05) is 12.4 Å². The Morgan fingerprint density at radius 1 is 1.03 bits per heavy atom. The number of ether oxygens (including phenoxy) is 2. The molecule has 8 nitrogen and oxygen atoms in total. The van der Waals surface area contributed by atoms with Gasteiger partial charge < -0.3 is 9.47 Å². The second-order valence-electron chi connectivity index (χ2n) is 9.09. The number of benzene rings is 3. The number of esters is 1. The number of nitrogens with zero attached hydrogens (tertiary/aromatic N) is 3. The Hall–Kier alpha value is -4.64. The molecule has 1 atom stereocenters. The zero-order valence-electron chi connectivity index (χ0n) is 20.8. The minimum absolute atomic E-state index is 0.180. The molecule has 8 heteroatoms. The molecule has 1 aliphatic carbocycles. The Morgan fingerprint density at radius 3 is 2.49 bits per heavy atom. The SMILES string of the molecule is COC(=O)C1(c2ccc3cc(C#Cc4nnn(C)c4NC(=O)OC(C)c4ccccc4)ccc3c2)CC1. The summed E-state index contributed by atoms with van der Waals surface area (Å²) in [6.45, 7) is 1.81. The molecule has 1 fully saturated rings. The zero-order valence-corrected chi connectivity index (χ0v) is 20.8. The number of anilines is 1. The molecule has 37 heavy (non-hydrogen) atoms. The summed E-state index contributed by atoms with van der Waals surface area (Å²) in [5, 5.41) is 12.8. The van der Waals surface area contributed by atoms with E-state index in [1.165, 1.54) is 11.8 Å². The summed E-state index contributed by atoms with van der Waals surface area (Å²) >= 11 is 0. The van der Waals surface area contributed by atoms with E-state index in [1.807, 2.05) is 66.7 Å². The Balaban J connectivity index is 1.32. The highest BCUT2D eigenvalue weighted by atomic mass is 16.6. The fourth-order valence-electron chi connectivity index (χ4n) is 4.34. The van der Waals surface area contributed by atoms with Crippen LogP contribution < -0.4 is 5.32 Å². The third kappa shape index (κ3) is 4.89. The summed E-state index contributed by atoms with van der Waals surface area (Å²) in [5.74, 6) is 6.27. The van der Waals surface area contributed by atoms with Crippen molar-refractivity contribution in [1.82, 2.24) is 15.0 Å². The van der Waals surface area contributed by atoms with Gasteiger partial charge in [-0.15, -0.1) is 5.10 Å². The van der Waals surface area contributed by atoms with E-state index >= 15 is 0 Å². The molecule has 186 valence electrons. The van der Waals surface area contributed by atoms with Crippen LogP contribution in [-0.2, 0) is 26.7 Å². The Kier molecular flexibility index (Phi) is 6.36. The highest BCUT2D eigenvalue weighted by Gasteiger charge is 2.52. The summed E-state index contributed by atoms with van der Waals surface area (Å²) in [7, 11) is 3.10. The number of hydrogen-bond acceptors (Lipinski definition) is 6. The van der Waals surface area contributed by atoms with Gasteiger partial charge >= 0.3 is 12.1 Å². The number of nitrogens with one attached hydrogen (secondary N) is 1. The minimum atomic E-state index is -0.619. The van der Waals surface area contributed by atoms with E-state index in [1.54, 1.807) is 14.0 Å². The van der Waals surface area contributed by atoms with Crippen molar-refractivity contribution in [2.24, 2.45) is 7.05 Å². The number of hydrogen-bond donors (Lipinski definition) is 1. The van der Waals surface area contributed by atoms with Crippen LogP contribution in [0, 0.1) is 11.8 Å². The highest BCUT2D eigenvalue weighted by molar-refractivity contribution is 5.91. The molecule has 5 rings (SSSR count). The fourth-order valence-corrected chi connectivity index (χ4v) is 4.34. The highest BCUT2D eigenvalue weighted by Crippen LogP contribution is 2.49. The summed E-state index contributed by atoms with van der Waals surface area (Å²) < 4.78 is 11.9. The molecule has 3 aromatic carbocycles. The van der Waals surface area contributed by atoms with E-state index < -0.39 is 17.6 Å². The molecule has 1 heterocycles. The van der Waals surface area contributed by atoms with Gasteiger partial charge in [0.05, 0.1) is 12.5 Å². The lowest BCUT2D eigenvalue weighted by atomic mass is 9.93.